The topological polar surface area (TPSA) is 0 Å². The van der Waals surface area contributed by atoms with Crippen molar-refractivity contribution >= 4 is 15.0 Å². The van der Waals surface area contributed by atoms with Crippen LogP contribution in [0.5, 0.6) is 0 Å². The predicted octanol–water partition coefficient (Wildman–Crippen LogP) is 1.11. The molecule has 0 saturated carbocycles. The Morgan fingerprint density at radius 1 is 1.38 bits per heavy atom. The van der Waals surface area contributed by atoms with Gasteiger partial charge in [0.2, 0.25) is 0 Å². The fourth-order valence-electron chi connectivity index (χ4n) is 0.209. The summed E-state index contributed by atoms with van der Waals surface area (Å²) in [5.74, 6) is 10.4. The molecule has 0 radical (unpaired) electrons. The van der Waals surface area contributed by atoms with Gasteiger partial charge >= 0.3 is 56.7 Å². The second-order valence-corrected chi connectivity index (χ2v) is 2.37. The average molecular weight is 171 g/mol. The van der Waals surface area contributed by atoms with E-state index >= 15 is 0 Å². The average Bonchev–Trinajstić information content (AvgIpc) is 1.81. The van der Waals surface area contributed by atoms with E-state index in [1.807, 2.05) is 6.92 Å². The van der Waals surface area contributed by atoms with E-state index in [1.165, 1.54) is 0 Å². The molecule has 0 aliphatic rings. The first-order valence-electron chi connectivity index (χ1n) is 2.42. The third-order valence-electron chi connectivity index (χ3n) is 0.481. The molecule has 0 heterocycles. The van der Waals surface area contributed by atoms with Crippen molar-refractivity contribution < 1.29 is 0 Å². The molecule has 0 aromatic rings. The van der Waals surface area contributed by atoms with Gasteiger partial charge in [0, 0.05) is 0 Å². The molecular weight excluding hydrogens is 163 g/mol. The third-order valence-corrected chi connectivity index (χ3v) is 1.12. The van der Waals surface area contributed by atoms with Gasteiger partial charge in [-0.1, -0.05) is 0 Å². The van der Waals surface area contributed by atoms with Gasteiger partial charge in [-0.25, -0.2) is 0 Å². The van der Waals surface area contributed by atoms with Crippen LogP contribution in [-0.4, -0.2) is 15.0 Å². The van der Waals surface area contributed by atoms with Crippen LogP contribution >= 0.6 is 0 Å². The fourth-order valence-corrected chi connectivity index (χ4v) is 0.530. The molecule has 0 aliphatic heterocycles. The molecule has 0 atom stereocenters. The molecule has 0 aromatic heterocycles. The van der Waals surface area contributed by atoms with Crippen molar-refractivity contribution in [1.29, 1.82) is 0 Å². The Bertz CT molecular complexity index is 129. The summed E-state index contributed by atoms with van der Waals surface area (Å²) in [6.45, 7) is 2.02. The van der Waals surface area contributed by atoms with E-state index in [4.69, 9.17) is 0 Å². The standard InChI is InChI=1S/C7H8Se/c1-3-4-5-6-7-8-2/h3H2,1-2H3. The van der Waals surface area contributed by atoms with Crippen molar-refractivity contribution in [3.8, 4) is 22.6 Å². The van der Waals surface area contributed by atoms with Gasteiger partial charge in [0.15, 0.2) is 0 Å². The van der Waals surface area contributed by atoms with Crippen LogP contribution in [0.25, 0.3) is 0 Å². The molecule has 0 amide bonds. The summed E-state index contributed by atoms with van der Waals surface area (Å²) in [4.78, 5) is 2.92. The van der Waals surface area contributed by atoms with Gasteiger partial charge in [-0.3, -0.25) is 0 Å². The molecule has 0 N–H and O–H groups in total. The van der Waals surface area contributed by atoms with Gasteiger partial charge in [0.25, 0.3) is 0 Å². The molecule has 0 aliphatic carbocycles. The first-order valence-corrected chi connectivity index (χ1v) is 4.99. The Hall–Kier alpha value is -0.361. The van der Waals surface area contributed by atoms with E-state index in [0.29, 0.717) is 15.0 Å². The summed E-state index contributed by atoms with van der Waals surface area (Å²) in [5.41, 5.74) is 0. The Morgan fingerprint density at radius 2 is 2.12 bits per heavy atom. The minimum absolute atomic E-state index is 0.461. The maximum atomic E-state index is 2.92. The number of rotatable bonds is 0. The molecule has 42 valence electrons. The molecule has 0 spiro atoms. The Balaban J connectivity index is 3.40. The van der Waals surface area contributed by atoms with Crippen LogP contribution in [0.2, 0.25) is 5.82 Å². The number of hydrogen-bond acceptors (Lipinski definition) is 0. The van der Waals surface area contributed by atoms with Gasteiger partial charge in [-0.15, -0.1) is 0 Å². The summed E-state index contributed by atoms with van der Waals surface area (Å²) in [5, 5.41) is 0. The molecule has 0 saturated heterocycles. The third kappa shape index (κ3) is 5.64. The van der Waals surface area contributed by atoms with Crippen molar-refractivity contribution in [2.75, 3.05) is 0 Å². The van der Waals surface area contributed by atoms with E-state index in [9.17, 15) is 0 Å². The second-order valence-electron chi connectivity index (χ2n) is 1.09. The SMILES string of the molecule is CCC#CC#C[Se]C. The second kappa shape index (κ2) is 6.64. The molecule has 0 bridgehead atoms. The van der Waals surface area contributed by atoms with Crippen molar-refractivity contribution in [2.24, 2.45) is 0 Å². The van der Waals surface area contributed by atoms with E-state index in [0.717, 1.165) is 6.42 Å². The van der Waals surface area contributed by atoms with Crippen LogP contribution in [0.15, 0.2) is 0 Å². The molecule has 0 unspecified atom stereocenters. The Morgan fingerprint density at radius 3 is 2.62 bits per heavy atom. The van der Waals surface area contributed by atoms with Crippen LogP contribution in [-0.2, 0) is 0 Å². The molecule has 0 nitrogen and oxygen atoms in total. The van der Waals surface area contributed by atoms with E-state index in [2.05, 4.69) is 28.4 Å². The quantitative estimate of drug-likeness (QED) is 0.378. The van der Waals surface area contributed by atoms with Crippen molar-refractivity contribution in [3.63, 3.8) is 0 Å². The minimum atomic E-state index is 0.461. The van der Waals surface area contributed by atoms with Gasteiger partial charge in [0.05, 0.1) is 0 Å². The van der Waals surface area contributed by atoms with E-state index in [-0.39, 0.29) is 0 Å². The van der Waals surface area contributed by atoms with Crippen molar-refractivity contribution in [2.45, 2.75) is 19.2 Å². The molecule has 8 heavy (non-hydrogen) atoms. The summed E-state index contributed by atoms with van der Waals surface area (Å²) in [6, 6.07) is 0. The summed E-state index contributed by atoms with van der Waals surface area (Å²) in [6.07, 6.45) is 0.908. The molecule has 0 rings (SSSR count). The zero-order chi connectivity index (χ0) is 6.24. The normalized spacial score (nSPS) is 5.75. The first-order chi connectivity index (χ1) is 3.91. The van der Waals surface area contributed by atoms with Crippen molar-refractivity contribution in [3.05, 3.63) is 0 Å². The Kier molecular flexibility index (Phi) is 6.34. The molecule has 0 aromatic carbocycles. The van der Waals surface area contributed by atoms with Gasteiger partial charge in [-0.2, -0.15) is 0 Å². The van der Waals surface area contributed by atoms with Crippen molar-refractivity contribution in [1.82, 2.24) is 0 Å². The van der Waals surface area contributed by atoms with Crippen LogP contribution in [0, 0.1) is 22.6 Å². The summed E-state index contributed by atoms with van der Waals surface area (Å²) < 4.78 is 0. The summed E-state index contributed by atoms with van der Waals surface area (Å²) >= 11 is 0.461. The first kappa shape index (κ1) is 7.64. The fraction of sp³-hybridized carbons (Fsp3) is 0.429. The number of hydrogen-bond donors (Lipinski definition) is 0. The van der Waals surface area contributed by atoms with E-state index in [1.54, 1.807) is 0 Å². The van der Waals surface area contributed by atoms with Crippen LogP contribution in [0.4, 0.5) is 0 Å². The Labute approximate surface area is 57.2 Å². The van der Waals surface area contributed by atoms with Crippen LogP contribution < -0.4 is 0 Å². The monoisotopic (exact) mass is 172 g/mol. The van der Waals surface area contributed by atoms with E-state index < -0.39 is 0 Å². The van der Waals surface area contributed by atoms with Crippen LogP contribution in [0.1, 0.15) is 13.3 Å². The maximum absolute atomic E-state index is 2.92. The van der Waals surface area contributed by atoms with Gasteiger partial charge in [-0.05, 0) is 0 Å². The summed E-state index contributed by atoms with van der Waals surface area (Å²) in [7, 11) is 0. The van der Waals surface area contributed by atoms with Gasteiger partial charge < -0.3 is 0 Å². The molecular formula is C7H8Se. The van der Waals surface area contributed by atoms with Gasteiger partial charge in [0.1, 0.15) is 0 Å². The zero-order valence-corrected chi connectivity index (χ0v) is 6.83. The van der Waals surface area contributed by atoms with Crippen LogP contribution in [0.3, 0.4) is 0 Å². The molecule has 1 heteroatoms. The molecule has 0 fully saturated rings. The zero-order valence-electron chi connectivity index (χ0n) is 5.12. The predicted molar refractivity (Wildman–Crippen MR) is 37.5 cm³/mol.